The number of amides is 2. The largest absolute Gasteiger partial charge is 0.484 e. The summed E-state index contributed by atoms with van der Waals surface area (Å²) in [6, 6.07) is 28.3. The predicted molar refractivity (Wildman–Crippen MR) is 174 cm³/mol. The highest BCUT2D eigenvalue weighted by atomic mass is 32.1. The van der Waals surface area contributed by atoms with E-state index in [1.54, 1.807) is 42.6 Å². The fourth-order valence-corrected chi connectivity index (χ4v) is 4.93. The van der Waals surface area contributed by atoms with Gasteiger partial charge < -0.3 is 15.4 Å². The highest BCUT2D eigenvalue weighted by Gasteiger charge is 2.09. The molecule has 216 valence electrons. The van der Waals surface area contributed by atoms with Crippen molar-refractivity contribution in [2.75, 3.05) is 17.2 Å². The SMILES string of the molecule is Cc1ccc(Nc2nc(-c3ccc(C(=O)N/N=C/c4ccc(OCC(=O)Nc5ccc(C)cc5C)cc4)cc3)cs2)cc1. The summed E-state index contributed by atoms with van der Waals surface area (Å²) in [5, 5.41) is 13.0. The molecule has 0 aliphatic rings. The molecule has 0 bridgehead atoms. The van der Waals surface area contributed by atoms with Crippen molar-refractivity contribution in [2.24, 2.45) is 5.10 Å². The van der Waals surface area contributed by atoms with Crippen LogP contribution < -0.4 is 20.8 Å². The van der Waals surface area contributed by atoms with E-state index in [2.05, 4.69) is 45.2 Å². The molecule has 1 aromatic heterocycles. The number of carbonyl (C=O) groups is 2. The van der Waals surface area contributed by atoms with E-state index in [4.69, 9.17) is 4.74 Å². The van der Waals surface area contributed by atoms with E-state index in [9.17, 15) is 9.59 Å². The van der Waals surface area contributed by atoms with Gasteiger partial charge in [0, 0.05) is 27.9 Å². The second-order valence-corrected chi connectivity index (χ2v) is 10.9. The molecule has 0 aliphatic carbocycles. The molecule has 9 heteroatoms. The zero-order valence-corrected chi connectivity index (χ0v) is 24.9. The number of nitrogens with zero attached hydrogens (tertiary/aromatic N) is 2. The smallest absolute Gasteiger partial charge is 0.271 e. The van der Waals surface area contributed by atoms with Gasteiger partial charge in [-0.3, -0.25) is 9.59 Å². The number of hydrazone groups is 1. The molecule has 0 atom stereocenters. The molecule has 0 aliphatic heterocycles. The number of thiazole rings is 1. The minimum atomic E-state index is -0.322. The summed E-state index contributed by atoms with van der Waals surface area (Å²) in [6.45, 7) is 5.90. The van der Waals surface area contributed by atoms with Crippen LogP contribution in [-0.2, 0) is 4.79 Å². The number of benzene rings is 4. The van der Waals surface area contributed by atoms with Crippen molar-refractivity contribution in [3.63, 3.8) is 0 Å². The van der Waals surface area contributed by atoms with Crippen molar-refractivity contribution in [1.82, 2.24) is 10.4 Å². The summed E-state index contributed by atoms with van der Waals surface area (Å²) in [4.78, 5) is 29.5. The standard InChI is InChI=1S/C34H31N5O3S/c1-22-4-13-28(14-5-22)36-34-38-31(21-43-34)26-9-11-27(12-10-26)33(41)39-35-19-25-7-15-29(16-8-25)42-20-32(40)37-30-17-6-23(2)18-24(30)3/h4-19,21H,20H2,1-3H3,(H,36,38)(H,37,40)(H,39,41)/b35-19+. The average Bonchev–Trinajstić information content (AvgIpc) is 3.48. The Morgan fingerprint density at radius 1 is 0.884 bits per heavy atom. The van der Waals surface area contributed by atoms with Crippen LogP contribution >= 0.6 is 11.3 Å². The number of ether oxygens (including phenoxy) is 1. The lowest BCUT2D eigenvalue weighted by Gasteiger charge is -2.10. The van der Waals surface area contributed by atoms with E-state index in [0.717, 1.165) is 44.5 Å². The van der Waals surface area contributed by atoms with Gasteiger partial charge in [-0.1, -0.05) is 47.5 Å². The van der Waals surface area contributed by atoms with Crippen LogP contribution in [0, 0.1) is 20.8 Å². The first kappa shape index (κ1) is 29.2. The number of hydrogen-bond acceptors (Lipinski definition) is 7. The summed E-state index contributed by atoms with van der Waals surface area (Å²) in [6.07, 6.45) is 1.54. The molecule has 0 saturated heterocycles. The maximum Gasteiger partial charge on any atom is 0.271 e. The highest BCUT2D eigenvalue weighted by Crippen LogP contribution is 2.27. The fraction of sp³-hybridized carbons (Fsp3) is 0.118. The molecule has 5 aromatic rings. The molecule has 0 spiro atoms. The van der Waals surface area contributed by atoms with E-state index in [1.807, 2.05) is 61.7 Å². The van der Waals surface area contributed by atoms with E-state index < -0.39 is 0 Å². The molecule has 0 unspecified atom stereocenters. The maximum absolute atomic E-state index is 12.6. The van der Waals surface area contributed by atoms with Gasteiger partial charge in [-0.25, -0.2) is 10.4 Å². The number of aromatic nitrogens is 1. The molecule has 43 heavy (non-hydrogen) atoms. The Morgan fingerprint density at radius 2 is 1.60 bits per heavy atom. The fourth-order valence-electron chi connectivity index (χ4n) is 4.19. The molecular weight excluding hydrogens is 558 g/mol. The van der Waals surface area contributed by atoms with Gasteiger partial charge in [0.1, 0.15) is 5.75 Å². The zero-order chi connectivity index (χ0) is 30.2. The number of aryl methyl sites for hydroxylation is 3. The van der Waals surface area contributed by atoms with Crippen LogP contribution in [-0.4, -0.2) is 29.6 Å². The molecule has 5 rings (SSSR count). The van der Waals surface area contributed by atoms with Crippen LogP contribution in [0.1, 0.15) is 32.6 Å². The van der Waals surface area contributed by atoms with Crippen LogP contribution in [0.2, 0.25) is 0 Å². The third-order valence-electron chi connectivity index (χ3n) is 6.54. The zero-order valence-electron chi connectivity index (χ0n) is 24.0. The molecule has 2 amide bonds. The predicted octanol–water partition coefficient (Wildman–Crippen LogP) is 7.26. The van der Waals surface area contributed by atoms with Crippen LogP contribution in [0.15, 0.2) is 101 Å². The lowest BCUT2D eigenvalue weighted by Crippen LogP contribution is -2.20. The van der Waals surface area contributed by atoms with Crippen LogP contribution in [0.5, 0.6) is 5.75 Å². The van der Waals surface area contributed by atoms with Gasteiger partial charge in [-0.05, 0) is 86.5 Å². The normalized spacial score (nSPS) is 10.9. The summed E-state index contributed by atoms with van der Waals surface area (Å²) >= 11 is 1.52. The Balaban J connectivity index is 1.08. The Morgan fingerprint density at radius 3 is 2.33 bits per heavy atom. The van der Waals surface area contributed by atoms with Gasteiger partial charge in [0.05, 0.1) is 11.9 Å². The number of nitrogens with one attached hydrogen (secondary N) is 3. The van der Waals surface area contributed by atoms with Crippen molar-refractivity contribution < 1.29 is 14.3 Å². The van der Waals surface area contributed by atoms with Gasteiger partial charge in [0.2, 0.25) is 0 Å². The Hall–Kier alpha value is -5.28. The molecule has 4 aromatic carbocycles. The average molecular weight is 590 g/mol. The van der Waals surface area contributed by atoms with Crippen LogP contribution in [0.4, 0.5) is 16.5 Å². The summed E-state index contributed by atoms with van der Waals surface area (Å²) in [5.41, 5.74) is 10.6. The monoisotopic (exact) mass is 589 g/mol. The lowest BCUT2D eigenvalue weighted by molar-refractivity contribution is -0.118. The van der Waals surface area contributed by atoms with Gasteiger partial charge in [0.15, 0.2) is 11.7 Å². The minimum Gasteiger partial charge on any atom is -0.484 e. The van der Waals surface area contributed by atoms with Gasteiger partial charge in [-0.2, -0.15) is 5.10 Å². The highest BCUT2D eigenvalue weighted by molar-refractivity contribution is 7.14. The lowest BCUT2D eigenvalue weighted by atomic mass is 10.1. The van der Waals surface area contributed by atoms with Crippen molar-refractivity contribution in [3.05, 3.63) is 124 Å². The molecule has 3 N–H and O–H groups in total. The third-order valence-corrected chi connectivity index (χ3v) is 7.29. The van der Waals surface area contributed by atoms with Gasteiger partial charge in [-0.15, -0.1) is 11.3 Å². The summed E-state index contributed by atoms with van der Waals surface area (Å²) < 4.78 is 5.60. The number of rotatable bonds is 10. The Kier molecular flexibility index (Phi) is 9.23. The first-order valence-electron chi connectivity index (χ1n) is 13.7. The molecule has 0 radical (unpaired) electrons. The molecular formula is C34H31N5O3S. The van der Waals surface area contributed by atoms with Crippen molar-refractivity contribution in [1.29, 1.82) is 0 Å². The Bertz CT molecular complexity index is 1740. The summed E-state index contributed by atoms with van der Waals surface area (Å²) in [7, 11) is 0. The molecule has 8 nitrogen and oxygen atoms in total. The van der Waals surface area contributed by atoms with Crippen LogP contribution in [0.25, 0.3) is 11.3 Å². The number of carbonyl (C=O) groups excluding carboxylic acids is 2. The van der Waals surface area contributed by atoms with Crippen molar-refractivity contribution >= 4 is 45.9 Å². The van der Waals surface area contributed by atoms with E-state index in [0.29, 0.717) is 11.3 Å². The second-order valence-electron chi connectivity index (χ2n) is 10.0. The van der Waals surface area contributed by atoms with E-state index in [1.165, 1.54) is 16.9 Å². The minimum absolute atomic E-state index is 0.108. The maximum atomic E-state index is 12.6. The van der Waals surface area contributed by atoms with Crippen molar-refractivity contribution in [2.45, 2.75) is 20.8 Å². The third kappa shape index (κ3) is 8.15. The first-order chi connectivity index (χ1) is 20.8. The van der Waals surface area contributed by atoms with Crippen molar-refractivity contribution in [3.8, 4) is 17.0 Å². The summed E-state index contributed by atoms with van der Waals surface area (Å²) in [5.74, 6) is -0.00686. The number of anilines is 3. The van der Waals surface area contributed by atoms with E-state index in [-0.39, 0.29) is 18.4 Å². The number of hydrogen-bond donors (Lipinski definition) is 3. The van der Waals surface area contributed by atoms with Crippen LogP contribution in [0.3, 0.4) is 0 Å². The first-order valence-corrected chi connectivity index (χ1v) is 14.5. The molecule has 1 heterocycles. The quantitative estimate of drug-likeness (QED) is 0.117. The van der Waals surface area contributed by atoms with Gasteiger partial charge >= 0.3 is 0 Å². The topological polar surface area (TPSA) is 105 Å². The van der Waals surface area contributed by atoms with Gasteiger partial charge in [0.25, 0.3) is 11.8 Å². The second kappa shape index (κ2) is 13.6. The Labute approximate surface area is 254 Å². The molecule has 0 fully saturated rings. The molecule has 0 saturated carbocycles. The van der Waals surface area contributed by atoms with E-state index >= 15 is 0 Å².